The van der Waals surface area contributed by atoms with Gasteiger partial charge in [-0.05, 0) is 36.4 Å². The van der Waals surface area contributed by atoms with Crippen molar-refractivity contribution in [3.05, 3.63) is 57.0 Å². The standard InChI is InChI=1S/C12H8ClFN2OS/c13-11-6-5-10(18-11)7-15-16-12(17)8-1-3-9(14)4-2-8/h1-7H,(H,16,17)/b15-7+. The van der Waals surface area contributed by atoms with Crippen molar-refractivity contribution < 1.29 is 9.18 Å². The van der Waals surface area contributed by atoms with Gasteiger partial charge in [0.15, 0.2) is 0 Å². The number of nitrogens with one attached hydrogen (secondary N) is 1. The Morgan fingerprint density at radius 3 is 2.61 bits per heavy atom. The first-order valence-electron chi connectivity index (χ1n) is 4.99. The van der Waals surface area contributed by atoms with Crippen LogP contribution in [0.4, 0.5) is 4.39 Å². The normalized spacial score (nSPS) is 10.8. The second kappa shape index (κ2) is 5.75. The summed E-state index contributed by atoms with van der Waals surface area (Å²) in [5.41, 5.74) is 2.69. The maximum atomic E-state index is 12.7. The fourth-order valence-corrected chi connectivity index (χ4v) is 2.15. The lowest BCUT2D eigenvalue weighted by molar-refractivity contribution is 0.0955. The highest BCUT2D eigenvalue weighted by molar-refractivity contribution is 7.17. The Morgan fingerprint density at radius 1 is 1.28 bits per heavy atom. The van der Waals surface area contributed by atoms with Gasteiger partial charge in [0.05, 0.1) is 10.6 Å². The molecule has 0 aliphatic rings. The molecular formula is C12H8ClFN2OS. The Labute approximate surface area is 112 Å². The van der Waals surface area contributed by atoms with Crippen LogP contribution in [0.3, 0.4) is 0 Å². The van der Waals surface area contributed by atoms with Gasteiger partial charge in [-0.1, -0.05) is 11.6 Å². The van der Waals surface area contributed by atoms with Crippen LogP contribution in [-0.2, 0) is 0 Å². The molecule has 18 heavy (non-hydrogen) atoms. The molecule has 0 fully saturated rings. The molecule has 3 nitrogen and oxygen atoms in total. The van der Waals surface area contributed by atoms with Crippen LogP contribution in [0.15, 0.2) is 41.5 Å². The van der Waals surface area contributed by atoms with Gasteiger partial charge in [-0.25, -0.2) is 9.82 Å². The van der Waals surface area contributed by atoms with E-state index < -0.39 is 5.91 Å². The number of halogens is 2. The lowest BCUT2D eigenvalue weighted by Crippen LogP contribution is -2.17. The van der Waals surface area contributed by atoms with E-state index in [-0.39, 0.29) is 5.82 Å². The van der Waals surface area contributed by atoms with Crippen LogP contribution in [-0.4, -0.2) is 12.1 Å². The van der Waals surface area contributed by atoms with E-state index in [0.717, 1.165) is 4.88 Å². The lowest BCUT2D eigenvalue weighted by Gasteiger charge is -1.98. The summed E-state index contributed by atoms with van der Waals surface area (Å²) in [6, 6.07) is 8.76. The highest BCUT2D eigenvalue weighted by Gasteiger charge is 2.03. The van der Waals surface area contributed by atoms with Crippen LogP contribution < -0.4 is 5.43 Å². The van der Waals surface area contributed by atoms with E-state index in [1.807, 2.05) is 0 Å². The first kappa shape index (κ1) is 12.7. The summed E-state index contributed by atoms with van der Waals surface area (Å²) in [5, 5.41) is 3.79. The minimum absolute atomic E-state index is 0.345. The van der Waals surface area contributed by atoms with E-state index in [2.05, 4.69) is 10.5 Å². The van der Waals surface area contributed by atoms with Gasteiger partial charge < -0.3 is 0 Å². The monoisotopic (exact) mass is 282 g/mol. The molecule has 1 amide bonds. The number of amides is 1. The second-order valence-corrected chi connectivity index (χ2v) is 5.09. The molecule has 1 heterocycles. The third-order valence-electron chi connectivity index (χ3n) is 2.06. The molecule has 1 N–H and O–H groups in total. The van der Waals surface area contributed by atoms with Crippen LogP contribution in [0.2, 0.25) is 4.34 Å². The third kappa shape index (κ3) is 3.38. The van der Waals surface area contributed by atoms with E-state index in [4.69, 9.17) is 11.6 Å². The van der Waals surface area contributed by atoms with Crippen molar-refractivity contribution in [1.29, 1.82) is 0 Å². The van der Waals surface area contributed by atoms with Gasteiger partial charge in [-0.15, -0.1) is 11.3 Å². The topological polar surface area (TPSA) is 41.5 Å². The average molecular weight is 283 g/mol. The number of hydrogen-bond donors (Lipinski definition) is 1. The molecule has 1 aromatic carbocycles. The van der Waals surface area contributed by atoms with Crippen molar-refractivity contribution in [3.63, 3.8) is 0 Å². The van der Waals surface area contributed by atoms with E-state index in [1.165, 1.54) is 41.8 Å². The maximum absolute atomic E-state index is 12.7. The van der Waals surface area contributed by atoms with Gasteiger partial charge in [-0.3, -0.25) is 4.79 Å². The molecule has 0 spiro atoms. The molecule has 6 heteroatoms. The average Bonchev–Trinajstić information content (AvgIpc) is 2.76. The fraction of sp³-hybridized carbons (Fsp3) is 0. The van der Waals surface area contributed by atoms with Crippen molar-refractivity contribution in [2.24, 2.45) is 5.10 Å². The molecule has 92 valence electrons. The molecule has 0 unspecified atom stereocenters. The van der Waals surface area contributed by atoms with Gasteiger partial charge in [0.2, 0.25) is 0 Å². The Hall–Kier alpha value is -1.72. The summed E-state index contributed by atoms with van der Waals surface area (Å²) in [6.07, 6.45) is 1.50. The van der Waals surface area contributed by atoms with Crippen molar-refractivity contribution >= 4 is 35.1 Å². The number of nitrogens with zero attached hydrogens (tertiary/aromatic N) is 1. The van der Waals surface area contributed by atoms with Crippen LogP contribution in [0.5, 0.6) is 0 Å². The molecular weight excluding hydrogens is 275 g/mol. The Balaban J connectivity index is 1.96. The van der Waals surface area contributed by atoms with Gasteiger partial charge in [0.1, 0.15) is 5.82 Å². The summed E-state index contributed by atoms with van der Waals surface area (Å²) < 4.78 is 13.3. The number of carbonyl (C=O) groups is 1. The fourth-order valence-electron chi connectivity index (χ4n) is 1.22. The van der Waals surface area contributed by atoms with E-state index in [0.29, 0.717) is 9.90 Å². The SMILES string of the molecule is O=C(N/N=C/c1ccc(Cl)s1)c1ccc(F)cc1. The molecule has 0 aliphatic heterocycles. The number of carbonyl (C=O) groups excluding carboxylic acids is 1. The van der Waals surface area contributed by atoms with Crippen molar-refractivity contribution in [2.45, 2.75) is 0 Å². The summed E-state index contributed by atoms with van der Waals surface area (Å²) >= 11 is 7.10. The number of rotatable bonds is 3. The van der Waals surface area contributed by atoms with Gasteiger partial charge in [-0.2, -0.15) is 5.10 Å². The third-order valence-corrected chi connectivity index (χ3v) is 3.22. The molecule has 2 aromatic rings. The van der Waals surface area contributed by atoms with Crippen molar-refractivity contribution in [2.75, 3.05) is 0 Å². The molecule has 0 saturated heterocycles. The highest BCUT2D eigenvalue weighted by Crippen LogP contribution is 2.19. The first-order chi connectivity index (χ1) is 8.65. The Morgan fingerprint density at radius 2 is 2.00 bits per heavy atom. The largest absolute Gasteiger partial charge is 0.271 e. The van der Waals surface area contributed by atoms with Gasteiger partial charge in [0, 0.05) is 10.4 Å². The van der Waals surface area contributed by atoms with Crippen LogP contribution >= 0.6 is 22.9 Å². The summed E-state index contributed by atoms with van der Waals surface area (Å²) in [6.45, 7) is 0. The maximum Gasteiger partial charge on any atom is 0.271 e. The van der Waals surface area contributed by atoms with E-state index in [1.54, 1.807) is 12.1 Å². The van der Waals surface area contributed by atoms with Crippen LogP contribution in [0.1, 0.15) is 15.2 Å². The summed E-state index contributed by atoms with van der Waals surface area (Å²) in [4.78, 5) is 12.4. The summed E-state index contributed by atoms with van der Waals surface area (Å²) in [5.74, 6) is -0.780. The smallest absolute Gasteiger partial charge is 0.267 e. The quantitative estimate of drug-likeness (QED) is 0.681. The van der Waals surface area contributed by atoms with Crippen LogP contribution in [0.25, 0.3) is 0 Å². The van der Waals surface area contributed by atoms with Crippen molar-refractivity contribution in [3.8, 4) is 0 Å². The molecule has 0 aliphatic carbocycles. The molecule has 0 saturated carbocycles. The van der Waals surface area contributed by atoms with E-state index >= 15 is 0 Å². The molecule has 0 bridgehead atoms. The Kier molecular flexibility index (Phi) is 4.07. The Bertz CT molecular complexity index is 580. The highest BCUT2D eigenvalue weighted by atomic mass is 35.5. The zero-order valence-electron chi connectivity index (χ0n) is 9.06. The van der Waals surface area contributed by atoms with Crippen molar-refractivity contribution in [1.82, 2.24) is 5.43 Å². The van der Waals surface area contributed by atoms with Gasteiger partial charge in [0.25, 0.3) is 5.91 Å². The number of hydrogen-bond acceptors (Lipinski definition) is 3. The lowest BCUT2D eigenvalue weighted by atomic mass is 10.2. The molecule has 0 radical (unpaired) electrons. The summed E-state index contributed by atoms with van der Waals surface area (Å²) in [7, 11) is 0. The zero-order valence-corrected chi connectivity index (χ0v) is 10.6. The minimum Gasteiger partial charge on any atom is -0.267 e. The second-order valence-electron chi connectivity index (χ2n) is 3.35. The predicted octanol–water partition coefficient (Wildman–Crippen LogP) is 3.30. The molecule has 1 aromatic heterocycles. The number of hydrazone groups is 1. The first-order valence-corrected chi connectivity index (χ1v) is 6.19. The van der Waals surface area contributed by atoms with E-state index in [9.17, 15) is 9.18 Å². The zero-order chi connectivity index (χ0) is 13.0. The number of benzene rings is 1. The number of thiophene rings is 1. The predicted molar refractivity (Wildman–Crippen MR) is 70.8 cm³/mol. The van der Waals surface area contributed by atoms with Gasteiger partial charge >= 0.3 is 0 Å². The van der Waals surface area contributed by atoms with Crippen LogP contribution in [0, 0.1) is 5.82 Å². The minimum atomic E-state index is -0.395. The molecule has 0 atom stereocenters. The molecule has 2 rings (SSSR count).